The summed E-state index contributed by atoms with van der Waals surface area (Å²) >= 11 is 3.39. The minimum absolute atomic E-state index is 0.0699. The Balaban J connectivity index is 2.17. The fourth-order valence-corrected chi connectivity index (χ4v) is 2.66. The number of hydrogen-bond acceptors (Lipinski definition) is 4. The molecule has 1 aromatic carbocycles. The predicted octanol–water partition coefficient (Wildman–Crippen LogP) is 2.32. The Morgan fingerprint density at radius 1 is 1.56 bits per heavy atom. The Morgan fingerprint density at radius 3 is 3.00 bits per heavy atom. The largest absolute Gasteiger partial charge is 0.469 e. The molecule has 18 heavy (non-hydrogen) atoms. The van der Waals surface area contributed by atoms with E-state index in [1.54, 1.807) is 6.07 Å². The van der Waals surface area contributed by atoms with Crippen LogP contribution in [0.1, 0.15) is 12.0 Å². The first-order chi connectivity index (χ1) is 8.63. The Kier molecular flexibility index (Phi) is 3.87. The van der Waals surface area contributed by atoms with E-state index < -0.39 is 0 Å². The lowest BCUT2D eigenvalue weighted by Crippen LogP contribution is -2.23. The van der Waals surface area contributed by atoms with E-state index in [9.17, 15) is 4.79 Å². The van der Waals surface area contributed by atoms with Gasteiger partial charge < -0.3 is 9.64 Å². The number of rotatable bonds is 2. The Labute approximate surface area is 114 Å². The smallest absolute Gasteiger partial charge is 0.310 e. The van der Waals surface area contributed by atoms with Gasteiger partial charge in [0.2, 0.25) is 0 Å². The summed E-state index contributed by atoms with van der Waals surface area (Å²) in [6, 6.07) is 7.70. The van der Waals surface area contributed by atoms with Gasteiger partial charge in [-0.2, -0.15) is 5.26 Å². The molecule has 1 atom stereocenters. The Bertz CT molecular complexity index is 510. The van der Waals surface area contributed by atoms with E-state index in [4.69, 9.17) is 10.00 Å². The van der Waals surface area contributed by atoms with E-state index in [0.29, 0.717) is 12.1 Å². The van der Waals surface area contributed by atoms with Crippen LogP contribution >= 0.6 is 15.9 Å². The second-order valence-electron chi connectivity index (χ2n) is 4.26. The minimum atomic E-state index is -0.159. The fourth-order valence-electron chi connectivity index (χ4n) is 2.18. The number of esters is 1. The molecule has 1 aliphatic heterocycles. The highest BCUT2D eigenvalue weighted by Crippen LogP contribution is 2.28. The van der Waals surface area contributed by atoms with Gasteiger partial charge in [-0.15, -0.1) is 0 Å². The van der Waals surface area contributed by atoms with E-state index in [1.807, 2.05) is 12.1 Å². The lowest BCUT2D eigenvalue weighted by molar-refractivity contribution is -0.144. The van der Waals surface area contributed by atoms with Gasteiger partial charge in [0.1, 0.15) is 0 Å². The van der Waals surface area contributed by atoms with E-state index in [0.717, 1.165) is 23.1 Å². The summed E-state index contributed by atoms with van der Waals surface area (Å²) in [5, 5.41) is 8.94. The summed E-state index contributed by atoms with van der Waals surface area (Å²) in [6.45, 7) is 1.45. The highest BCUT2D eigenvalue weighted by molar-refractivity contribution is 9.10. The van der Waals surface area contributed by atoms with Crippen LogP contribution in [0.5, 0.6) is 0 Å². The quantitative estimate of drug-likeness (QED) is 0.787. The van der Waals surface area contributed by atoms with Crippen molar-refractivity contribution in [1.82, 2.24) is 0 Å². The van der Waals surface area contributed by atoms with E-state index >= 15 is 0 Å². The van der Waals surface area contributed by atoms with Gasteiger partial charge in [0, 0.05) is 23.2 Å². The van der Waals surface area contributed by atoms with E-state index in [-0.39, 0.29) is 11.9 Å². The SMILES string of the molecule is COC(=O)C1CCN(c2cc(Br)cc(C#N)c2)C1. The molecule has 0 N–H and O–H groups in total. The van der Waals surface area contributed by atoms with Crippen LogP contribution in [0.4, 0.5) is 5.69 Å². The summed E-state index contributed by atoms with van der Waals surface area (Å²) in [7, 11) is 1.41. The molecule has 4 nitrogen and oxygen atoms in total. The maximum absolute atomic E-state index is 11.5. The molecule has 0 spiro atoms. The molecule has 0 aromatic heterocycles. The van der Waals surface area contributed by atoms with Crippen molar-refractivity contribution in [3.8, 4) is 6.07 Å². The number of benzene rings is 1. The number of carbonyl (C=O) groups excluding carboxylic acids is 1. The molecule has 1 unspecified atom stereocenters. The van der Waals surface area contributed by atoms with Crippen molar-refractivity contribution in [2.75, 3.05) is 25.1 Å². The van der Waals surface area contributed by atoms with Gasteiger partial charge in [-0.3, -0.25) is 4.79 Å². The number of halogens is 1. The molecular weight excluding hydrogens is 296 g/mol. The molecule has 2 rings (SSSR count). The Morgan fingerprint density at radius 2 is 2.33 bits per heavy atom. The maximum atomic E-state index is 11.5. The zero-order valence-corrected chi connectivity index (χ0v) is 11.6. The standard InChI is InChI=1S/C13H13BrN2O2/c1-18-13(17)10-2-3-16(8-10)12-5-9(7-15)4-11(14)6-12/h4-6,10H,2-3,8H2,1H3. The van der Waals surface area contributed by atoms with Gasteiger partial charge in [-0.25, -0.2) is 0 Å². The lowest BCUT2D eigenvalue weighted by Gasteiger charge is -2.18. The van der Waals surface area contributed by atoms with E-state index in [1.165, 1.54) is 7.11 Å². The molecule has 1 fully saturated rings. The molecule has 94 valence electrons. The highest BCUT2D eigenvalue weighted by atomic mass is 79.9. The van der Waals surface area contributed by atoms with Crippen LogP contribution in [-0.2, 0) is 9.53 Å². The van der Waals surface area contributed by atoms with Crippen LogP contribution in [0.3, 0.4) is 0 Å². The van der Waals surface area contributed by atoms with Crippen molar-refractivity contribution in [2.45, 2.75) is 6.42 Å². The molecule has 1 aromatic rings. The molecule has 1 aliphatic rings. The lowest BCUT2D eigenvalue weighted by atomic mass is 10.1. The van der Waals surface area contributed by atoms with Crippen LogP contribution in [0.25, 0.3) is 0 Å². The minimum Gasteiger partial charge on any atom is -0.469 e. The van der Waals surface area contributed by atoms with Crippen LogP contribution in [-0.4, -0.2) is 26.2 Å². The van der Waals surface area contributed by atoms with Gasteiger partial charge in [-0.1, -0.05) is 15.9 Å². The second-order valence-corrected chi connectivity index (χ2v) is 5.18. The average molecular weight is 309 g/mol. The van der Waals surface area contributed by atoms with E-state index in [2.05, 4.69) is 26.9 Å². The topological polar surface area (TPSA) is 53.3 Å². The van der Waals surface area contributed by atoms with Crippen molar-refractivity contribution in [2.24, 2.45) is 5.92 Å². The van der Waals surface area contributed by atoms with Gasteiger partial charge in [-0.05, 0) is 24.6 Å². The van der Waals surface area contributed by atoms with Crippen LogP contribution < -0.4 is 4.90 Å². The number of carbonyl (C=O) groups is 1. The summed E-state index contributed by atoms with van der Waals surface area (Å²) in [5.41, 5.74) is 1.58. The van der Waals surface area contributed by atoms with Crippen molar-refractivity contribution >= 4 is 27.6 Å². The molecule has 0 saturated carbocycles. The number of nitrogens with zero attached hydrogens (tertiary/aromatic N) is 2. The summed E-state index contributed by atoms with van der Waals surface area (Å²) in [4.78, 5) is 13.6. The molecule has 0 aliphatic carbocycles. The monoisotopic (exact) mass is 308 g/mol. The van der Waals surface area contributed by atoms with Gasteiger partial charge in [0.25, 0.3) is 0 Å². The fraction of sp³-hybridized carbons (Fsp3) is 0.385. The predicted molar refractivity (Wildman–Crippen MR) is 71.2 cm³/mol. The molecular formula is C13H13BrN2O2. The molecule has 1 saturated heterocycles. The van der Waals surface area contributed by atoms with Crippen molar-refractivity contribution in [3.05, 3.63) is 28.2 Å². The zero-order valence-electron chi connectivity index (χ0n) is 10.0. The molecule has 0 bridgehead atoms. The van der Waals surface area contributed by atoms with Gasteiger partial charge in [0.15, 0.2) is 0 Å². The molecule has 1 heterocycles. The number of nitriles is 1. The van der Waals surface area contributed by atoms with Crippen molar-refractivity contribution < 1.29 is 9.53 Å². The van der Waals surface area contributed by atoms with Crippen LogP contribution in [0.2, 0.25) is 0 Å². The molecule has 0 radical (unpaired) electrons. The summed E-state index contributed by atoms with van der Waals surface area (Å²) in [6.07, 6.45) is 0.793. The maximum Gasteiger partial charge on any atom is 0.310 e. The van der Waals surface area contributed by atoms with Crippen LogP contribution in [0, 0.1) is 17.2 Å². The molecule has 0 amide bonds. The van der Waals surface area contributed by atoms with Crippen LogP contribution in [0.15, 0.2) is 22.7 Å². The summed E-state index contributed by atoms with van der Waals surface area (Å²) in [5.74, 6) is -0.229. The zero-order chi connectivity index (χ0) is 13.1. The first-order valence-electron chi connectivity index (χ1n) is 5.67. The second kappa shape index (κ2) is 5.40. The first kappa shape index (κ1) is 12.9. The normalized spacial score (nSPS) is 18.5. The highest BCUT2D eigenvalue weighted by Gasteiger charge is 2.29. The van der Waals surface area contributed by atoms with Gasteiger partial charge >= 0.3 is 5.97 Å². The third-order valence-electron chi connectivity index (χ3n) is 3.10. The Hall–Kier alpha value is -1.54. The van der Waals surface area contributed by atoms with Crippen molar-refractivity contribution in [1.29, 1.82) is 5.26 Å². The number of anilines is 1. The number of ether oxygens (including phenoxy) is 1. The number of hydrogen-bond donors (Lipinski definition) is 0. The summed E-state index contributed by atoms with van der Waals surface area (Å²) < 4.78 is 5.63. The third kappa shape index (κ3) is 2.65. The van der Waals surface area contributed by atoms with Gasteiger partial charge in [0.05, 0.1) is 24.7 Å². The average Bonchev–Trinajstić information content (AvgIpc) is 2.86. The number of methoxy groups -OCH3 is 1. The molecule has 5 heteroatoms. The first-order valence-corrected chi connectivity index (χ1v) is 6.47. The van der Waals surface area contributed by atoms with Crippen molar-refractivity contribution in [3.63, 3.8) is 0 Å². The third-order valence-corrected chi connectivity index (χ3v) is 3.56.